The summed E-state index contributed by atoms with van der Waals surface area (Å²) in [6, 6.07) is 3.77. The number of thioether (sulfide) groups is 1. The molecule has 0 aromatic carbocycles. The lowest BCUT2D eigenvalue weighted by molar-refractivity contribution is -0.146. The van der Waals surface area contributed by atoms with E-state index in [4.69, 9.17) is 9.26 Å². The third-order valence-electron chi connectivity index (χ3n) is 2.73. The lowest BCUT2D eigenvalue weighted by Crippen LogP contribution is -2.30. The number of carbonyl (C=O) groups is 2. The van der Waals surface area contributed by atoms with Crippen molar-refractivity contribution in [1.29, 1.82) is 0 Å². The fourth-order valence-electron chi connectivity index (χ4n) is 1.73. The van der Waals surface area contributed by atoms with Gasteiger partial charge in [-0.15, -0.1) is 11.3 Å². The zero-order chi connectivity index (χ0) is 14.7. The van der Waals surface area contributed by atoms with Crippen molar-refractivity contribution in [1.82, 2.24) is 15.0 Å². The van der Waals surface area contributed by atoms with Gasteiger partial charge in [0.05, 0.1) is 4.88 Å². The Labute approximate surface area is 128 Å². The smallest absolute Gasteiger partial charge is 0.326 e. The van der Waals surface area contributed by atoms with Gasteiger partial charge >= 0.3 is 5.97 Å². The Kier molecular flexibility index (Phi) is 4.20. The zero-order valence-electron chi connectivity index (χ0n) is 10.9. The number of aromatic nitrogens is 2. The van der Waals surface area contributed by atoms with E-state index in [9.17, 15) is 9.59 Å². The maximum Gasteiger partial charge on any atom is 0.326 e. The van der Waals surface area contributed by atoms with Gasteiger partial charge in [0.1, 0.15) is 6.54 Å². The summed E-state index contributed by atoms with van der Waals surface area (Å²) in [4.78, 5) is 29.5. The molecule has 1 aliphatic heterocycles. The highest BCUT2D eigenvalue weighted by Crippen LogP contribution is 2.21. The van der Waals surface area contributed by atoms with Crippen LogP contribution in [-0.4, -0.2) is 45.1 Å². The summed E-state index contributed by atoms with van der Waals surface area (Å²) in [5.41, 5.74) is 0. The number of esters is 1. The molecule has 0 aliphatic carbocycles. The van der Waals surface area contributed by atoms with Gasteiger partial charge in [-0.3, -0.25) is 9.59 Å². The summed E-state index contributed by atoms with van der Waals surface area (Å²) in [6.45, 7) is 0.436. The Morgan fingerprint density at radius 3 is 3.14 bits per heavy atom. The third-order valence-corrected chi connectivity index (χ3v) is 4.49. The van der Waals surface area contributed by atoms with E-state index in [0.717, 1.165) is 4.88 Å². The summed E-state index contributed by atoms with van der Waals surface area (Å²) in [5, 5.41) is 5.64. The molecular weight excluding hydrogens is 314 g/mol. The minimum atomic E-state index is -0.485. The van der Waals surface area contributed by atoms with Crippen molar-refractivity contribution >= 4 is 34.3 Å². The fraction of sp³-hybridized carbons (Fsp3) is 0.333. The molecule has 1 saturated heterocycles. The van der Waals surface area contributed by atoms with Gasteiger partial charge < -0.3 is 14.2 Å². The quantitative estimate of drug-likeness (QED) is 0.777. The highest BCUT2D eigenvalue weighted by atomic mass is 32.2. The maximum absolute atomic E-state index is 11.6. The summed E-state index contributed by atoms with van der Waals surface area (Å²) < 4.78 is 10.0. The molecule has 1 fully saturated rings. The van der Waals surface area contributed by atoms with Gasteiger partial charge in [0.15, 0.2) is 6.61 Å². The van der Waals surface area contributed by atoms with Gasteiger partial charge in [0.25, 0.3) is 11.1 Å². The van der Waals surface area contributed by atoms with Crippen LogP contribution in [0, 0.1) is 0 Å². The number of hydrogen-bond donors (Lipinski definition) is 0. The Morgan fingerprint density at radius 1 is 1.52 bits per heavy atom. The van der Waals surface area contributed by atoms with Crippen LogP contribution in [0.3, 0.4) is 0 Å². The number of hydrogen-bond acceptors (Lipinski definition) is 8. The minimum absolute atomic E-state index is 0.0439. The molecule has 1 amide bonds. The molecule has 2 aromatic heterocycles. The lowest BCUT2D eigenvalue weighted by atomic mass is 10.4. The highest BCUT2D eigenvalue weighted by Gasteiger charge is 2.24. The van der Waals surface area contributed by atoms with Gasteiger partial charge in [-0.1, -0.05) is 23.0 Å². The molecular formula is C12H11N3O4S2. The molecule has 9 heteroatoms. The highest BCUT2D eigenvalue weighted by molar-refractivity contribution is 8.13. The van der Waals surface area contributed by atoms with Gasteiger partial charge in [-0.05, 0) is 11.4 Å². The molecule has 3 heterocycles. The van der Waals surface area contributed by atoms with E-state index in [1.54, 1.807) is 0 Å². The molecule has 0 bridgehead atoms. The van der Waals surface area contributed by atoms with Crippen LogP contribution in [0.25, 0.3) is 10.7 Å². The first-order valence-corrected chi connectivity index (χ1v) is 8.02. The van der Waals surface area contributed by atoms with Crippen LogP contribution >= 0.6 is 23.1 Å². The predicted octanol–water partition coefficient (Wildman–Crippen LogP) is 2.01. The topological polar surface area (TPSA) is 85.5 Å². The molecule has 0 spiro atoms. The Morgan fingerprint density at radius 2 is 2.43 bits per heavy atom. The van der Waals surface area contributed by atoms with Gasteiger partial charge in [0.2, 0.25) is 5.82 Å². The molecule has 0 unspecified atom stereocenters. The molecule has 3 rings (SSSR count). The van der Waals surface area contributed by atoms with E-state index in [2.05, 4.69) is 10.1 Å². The van der Waals surface area contributed by atoms with Crippen molar-refractivity contribution in [2.75, 3.05) is 18.8 Å². The lowest BCUT2D eigenvalue weighted by Gasteiger charge is -2.12. The molecule has 0 N–H and O–H groups in total. The van der Waals surface area contributed by atoms with Crippen LogP contribution in [0.1, 0.15) is 5.89 Å². The van der Waals surface area contributed by atoms with E-state index in [1.807, 2.05) is 17.5 Å². The van der Waals surface area contributed by atoms with Crippen LogP contribution in [0.5, 0.6) is 0 Å². The van der Waals surface area contributed by atoms with Crippen LogP contribution in [0.15, 0.2) is 22.0 Å². The van der Waals surface area contributed by atoms with E-state index in [0.29, 0.717) is 18.1 Å². The Balaban J connectivity index is 1.51. The monoisotopic (exact) mass is 325 g/mol. The van der Waals surface area contributed by atoms with Crippen molar-refractivity contribution in [2.45, 2.75) is 6.61 Å². The minimum Gasteiger partial charge on any atom is -0.454 e. The molecule has 0 radical (unpaired) electrons. The Hall–Kier alpha value is -1.87. The number of rotatable bonds is 5. The average molecular weight is 325 g/mol. The summed E-state index contributed by atoms with van der Waals surface area (Å²) >= 11 is 2.70. The molecule has 7 nitrogen and oxygen atoms in total. The van der Waals surface area contributed by atoms with Crippen molar-refractivity contribution in [3.05, 3.63) is 23.4 Å². The second-order valence-corrected chi connectivity index (χ2v) is 6.18. The molecule has 110 valence electrons. The molecule has 0 saturated carbocycles. The summed E-state index contributed by atoms with van der Waals surface area (Å²) in [5.74, 6) is 0.928. The van der Waals surface area contributed by atoms with E-state index >= 15 is 0 Å². The van der Waals surface area contributed by atoms with Crippen LogP contribution in [-0.2, 0) is 16.1 Å². The van der Waals surface area contributed by atoms with Crippen LogP contribution < -0.4 is 0 Å². The van der Waals surface area contributed by atoms with E-state index in [1.165, 1.54) is 28.0 Å². The number of amides is 1. The van der Waals surface area contributed by atoms with E-state index < -0.39 is 5.97 Å². The number of thiophene rings is 1. The Bertz CT molecular complexity index is 641. The summed E-state index contributed by atoms with van der Waals surface area (Å²) in [7, 11) is 0. The largest absolute Gasteiger partial charge is 0.454 e. The van der Waals surface area contributed by atoms with Gasteiger partial charge in [-0.25, -0.2) is 0 Å². The normalized spacial score (nSPS) is 14.7. The molecule has 21 heavy (non-hydrogen) atoms. The number of ether oxygens (including phenoxy) is 1. The maximum atomic E-state index is 11.6. The average Bonchev–Trinajstić information content (AvgIpc) is 3.18. The fourth-order valence-corrected chi connectivity index (χ4v) is 3.21. The molecule has 0 atom stereocenters. The number of nitrogens with zero attached hydrogens (tertiary/aromatic N) is 3. The first-order valence-electron chi connectivity index (χ1n) is 6.16. The first kappa shape index (κ1) is 14.1. The SMILES string of the molecule is O=C(CN1CCSC1=O)OCc1nc(-c2cccs2)no1. The van der Waals surface area contributed by atoms with Crippen molar-refractivity contribution in [2.24, 2.45) is 0 Å². The van der Waals surface area contributed by atoms with Crippen molar-refractivity contribution in [3.8, 4) is 10.7 Å². The van der Waals surface area contributed by atoms with Crippen molar-refractivity contribution in [3.63, 3.8) is 0 Å². The standard InChI is InChI=1S/C12H11N3O4S2/c16-10(6-15-3-5-21-12(15)17)18-7-9-13-11(14-19-9)8-2-1-4-20-8/h1-2,4H,3,5-7H2. The summed E-state index contributed by atoms with van der Waals surface area (Å²) in [6.07, 6.45) is 0. The third kappa shape index (κ3) is 3.42. The van der Waals surface area contributed by atoms with Crippen LogP contribution in [0.4, 0.5) is 4.79 Å². The van der Waals surface area contributed by atoms with E-state index in [-0.39, 0.29) is 24.3 Å². The molecule has 1 aliphatic rings. The molecule has 2 aromatic rings. The van der Waals surface area contributed by atoms with Crippen molar-refractivity contribution < 1.29 is 18.8 Å². The number of carbonyl (C=O) groups excluding carboxylic acids is 2. The second-order valence-electron chi connectivity index (χ2n) is 4.19. The van der Waals surface area contributed by atoms with Gasteiger partial charge in [0, 0.05) is 12.3 Å². The van der Waals surface area contributed by atoms with Gasteiger partial charge in [-0.2, -0.15) is 4.98 Å². The zero-order valence-corrected chi connectivity index (χ0v) is 12.5. The first-order chi connectivity index (χ1) is 10.2. The predicted molar refractivity (Wildman–Crippen MR) is 76.8 cm³/mol. The van der Waals surface area contributed by atoms with Crippen LogP contribution in [0.2, 0.25) is 0 Å². The second kappa shape index (κ2) is 6.27.